The van der Waals surface area contributed by atoms with E-state index < -0.39 is 11.6 Å². The van der Waals surface area contributed by atoms with Crippen LogP contribution in [0.2, 0.25) is 0 Å². The molecular formula is C19H22O8. The van der Waals surface area contributed by atoms with Crippen molar-refractivity contribution in [1.29, 1.82) is 0 Å². The minimum atomic E-state index is -0.550. The van der Waals surface area contributed by atoms with Gasteiger partial charge in [-0.3, -0.25) is 4.79 Å². The SMILES string of the molecule is COCCOC(=O)CCc1cc2c(C)cc(=O)oc2cc1OCC(=O)OC. The third kappa shape index (κ3) is 5.82. The summed E-state index contributed by atoms with van der Waals surface area (Å²) in [5.74, 6) is -0.584. The average Bonchev–Trinajstić information content (AvgIpc) is 2.64. The number of fused-ring (bicyclic) bond motifs is 1. The lowest BCUT2D eigenvalue weighted by atomic mass is 10.0. The molecule has 0 unspecified atom stereocenters. The maximum Gasteiger partial charge on any atom is 0.343 e. The van der Waals surface area contributed by atoms with Gasteiger partial charge in [0.1, 0.15) is 17.9 Å². The zero-order valence-corrected chi connectivity index (χ0v) is 15.5. The first-order valence-corrected chi connectivity index (χ1v) is 8.36. The molecule has 0 aliphatic carbocycles. The van der Waals surface area contributed by atoms with Gasteiger partial charge in [0.15, 0.2) is 6.61 Å². The maximum absolute atomic E-state index is 11.8. The fourth-order valence-electron chi connectivity index (χ4n) is 2.46. The van der Waals surface area contributed by atoms with Crippen molar-refractivity contribution in [2.24, 2.45) is 0 Å². The molecule has 0 bridgehead atoms. The lowest BCUT2D eigenvalue weighted by Gasteiger charge is -2.13. The number of benzene rings is 1. The van der Waals surface area contributed by atoms with Crippen molar-refractivity contribution in [1.82, 2.24) is 0 Å². The van der Waals surface area contributed by atoms with Gasteiger partial charge in [-0.05, 0) is 30.5 Å². The quantitative estimate of drug-likeness (QED) is 0.370. The molecule has 0 radical (unpaired) electrons. The highest BCUT2D eigenvalue weighted by Crippen LogP contribution is 2.28. The van der Waals surface area contributed by atoms with Gasteiger partial charge in [0.05, 0.1) is 13.7 Å². The van der Waals surface area contributed by atoms with Gasteiger partial charge in [-0.25, -0.2) is 9.59 Å². The molecule has 0 saturated carbocycles. The maximum atomic E-state index is 11.8. The number of carbonyl (C=O) groups is 2. The number of ether oxygens (including phenoxy) is 4. The Kier molecular flexibility index (Phi) is 7.36. The van der Waals surface area contributed by atoms with Crippen LogP contribution >= 0.6 is 0 Å². The van der Waals surface area contributed by atoms with Crippen LogP contribution in [0, 0.1) is 6.92 Å². The Bertz CT molecular complexity index is 868. The molecule has 1 aromatic heterocycles. The van der Waals surface area contributed by atoms with E-state index in [4.69, 9.17) is 18.6 Å². The molecule has 0 amide bonds. The van der Waals surface area contributed by atoms with Crippen LogP contribution in [0.25, 0.3) is 11.0 Å². The van der Waals surface area contributed by atoms with E-state index in [1.165, 1.54) is 26.4 Å². The molecule has 0 saturated heterocycles. The van der Waals surface area contributed by atoms with Crippen molar-refractivity contribution >= 4 is 22.9 Å². The molecule has 0 aliphatic rings. The van der Waals surface area contributed by atoms with E-state index in [1.54, 1.807) is 13.0 Å². The highest BCUT2D eigenvalue weighted by Gasteiger charge is 2.14. The minimum absolute atomic E-state index is 0.125. The molecule has 8 nitrogen and oxygen atoms in total. The first-order valence-electron chi connectivity index (χ1n) is 8.36. The molecular weight excluding hydrogens is 356 g/mol. The van der Waals surface area contributed by atoms with Crippen molar-refractivity contribution in [3.63, 3.8) is 0 Å². The van der Waals surface area contributed by atoms with Crippen LogP contribution in [0.3, 0.4) is 0 Å². The summed E-state index contributed by atoms with van der Waals surface area (Å²) in [5.41, 5.74) is 1.29. The van der Waals surface area contributed by atoms with Crippen LogP contribution in [0.4, 0.5) is 0 Å². The number of hydrogen-bond acceptors (Lipinski definition) is 8. The number of methoxy groups -OCH3 is 2. The molecule has 146 valence electrons. The number of hydrogen-bond donors (Lipinski definition) is 0. The molecule has 0 spiro atoms. The van der Waals surface area contributed by atoms with Gasteiger partial charge in [0.2, 0.25) is 0 Å². The van der Waals surface area contributed by atoms with Crippen LogP contribution in [0.15, 0.2) is 27.4 Å². The van der Waals surface area contributed by atoms with Gasteiger partial charge in [0, 0.05) is 31.0 Å². The van der Waals surface area contributed by atoms with E-state index in [9.17, 15) is 14.4 Å². The van der Waals surface area contributed by atoms with Gasteiger partial charge in [-0.2, -0.15) is 0 Å². The Balaban J connectivity index is 2.25. The van der Waals surface area contributed by atoms with Crippen molar-refractivity contribution in [2.75, 3.05) is 34.0 Å². The molecule has 0 atom stereocenters. The Morgan fingerprint density at radius 1 is 1.07 bits per heavy atom. The summed E-state index contributed by atoms with van der Waals surface area (Å²) in [6, 6.07) is 4.71. The van der Waals surface area contributed by atoms with Gasteiger partial charge < -0.3 is 23.4 Å². The predicted octanol–water partition coefficient (Wildman–Crippen LogP) is 1.78. The normalized spacial score (nSPS) is 10.6. The van der Waals surface area contributed by atoms with Crippen molar-refractivity contribution in [3.8, 4) is 5.75 Å². The van der Waals surface area contributed by atoms with E-state index in [2.05, 4.69) is 4.74 Å². The smallest absolute Gasteiger partial charge is 0.343 e. The largest absolute Gasteiger partial charge is 0.481 e. The lowest BCUT2D eigenvalue weighted by Crippen LogP contribution is -2.14. The molecule has 0 N–H and O–H groups in total. The number of rotatable bonds is 9. The minimum Gasteiger partial charge on any atom is -0.481 e. The van der Waals surface area contributed by atoms with Crippen LogP contribution < -0.4 is 10.4 Å². The van der Waals surface area contributed by atoms with Crippen molar-refractivity contribution < 1.29 is 33.0 Å². The summed E-state index contributed by atoms with van der Waals surface area (Å²) in [5, 5.41) is 0.725. The van der Waals surface area contributed by atoms with E-state index in [0.29, 0.717) is 29.9 Å². The first kappa shape index (κ1) is 20.4. The van der Waals surface area contributed by atoms with Crippen LogP contribution in [-0.2, 0) is 30.2 Å². The molecule has 2 aromatic rings. The van der Waals surface area contributed by atoms with Crippen molar-refractivity contribution in [2.45, 2.75) is 19.8 Å². The van der Waals surface area contributed by atoms with Gasteiger partial charge in [-0.15, -0.1) is 0 Å². The fourth-order valence-corrected chi connectivity index (χ4v) is 2.46. The Morgan fingerprint density at radius 2 is 1.85 bits per heavy atom. The first-order chi connectivity index (χ1) is 12.9. The molecule has 27 heavy (non-hydrogen) atoms. The predicted molar refractivity (Wildman–Crippen MR) is 95.9 cm³/mol. The number of aryl methyl sites for hydroxylation is 2. The van der Waals surface area contributed by atoms with Crippen LogP contribution in [-0.4, -0.2) is 46.0 Å². The Morgan fingerprint density at radius 3 is 2.56 bits per heavy atom. The van der Waals surface area contributed by atoms with Crippen LogP contribution in [0.5, 0.6) is 5.75 Å². The molecule has 2 rings (SSSR count). The van der Waals surface area contributed by atoms with Gasteiger partial charge in [0.25, 0.3) is 0 Å². The number of esters is 2. The van der Waals surface area contributed by atoms with E-state index in [-0.39, 0.29) is 25.6 Å². The standard InChI is InChI=1S/C19H22O8/c1-12-8-18(21)27-16-10-15(26-11-19(22)24-3)13(9-14(12)16)4-5-17(20)25-7-6-23-2/h8-10H,4-7,11H2,1-3H3. The third-order valence-corrected chi connectivity index (χ3v) is 3.85. The topological polar surface area (TPSA) is 101 Å². The highest BCUT2D eigenvalue weighted by molar-refractivity contribution is 5.83. The zero-order valence-electron chi connectivity index (χ0n) is 15.5. The average molecular weight is 378 g/mol. The monoisotopic (exact) mass is 378 g/mol. The zero-order chi connectivity index (χ0) is 19.8. The fraction of sp³-hybridized carbons (Fsp3) is 0.421. The van der Waals surface area contributed by atoms with E-state index in [0.717, 1.165) is 10.9 Å². The highest BCUT2D eigenvalue weighted by atomic mass is 16.6. The summed E-state index contributed by atoms with van der Waals surface area (Å²) < 4.78 is 25.2. The summed E-state index contributed by atoms with van der Waals surface area (Å²) >= 11 is 0. The van der Waals surface area contributed by atoms with Gasteiger partial charge in [-0.1, -0.05) is 0 Å². The molecule has 0 fully saturated rings. The summed E-state index contributed by atoms with van der Waals surface area (Å²) in [7, 11) is 2.78. The second kappa shape index (κ2) is 9.72. The van der Waals surface area contributed by atoms with Crippen LogP contribution in [0.1, 0.15) is 17.5 Å². The molecule has 1 aromatic carbocycles. The lowest BCUT2D eigenvalue weighted by molar-refractivity contribution is -0.145. The number of carbonyl (C=O) groups excluding carboxylic acids is 2. The van der Waals surface area contributed by atoms with E-state index >= 15 is 0 Å². The summed E-state index contributed by atoms with van der Waals surface area (Å²) in [6.07, 6.45) is 0.455. The van der Waals surface area contributed by atoms with Gasteiger partial charge >= 0.3 is 17.6 Å². The second-order valence-electron chi connectivity index (χ2n) is 5.78. The summed E-state index contributed by atoms with van der Waals surface area (Å²) in [4.78, 5) is 34.8. The Hall–Kier alpha value is -2.87. The third-order valence-electron chi connectivity index (χ3n) is 3.85. The van der Waals surface area contributed by atoms with E-state index in [1.807, 2.05) is 0 Å². The van der Waals surface area contributed by atoms with Crippen molar-refractivity contribution in [3.05, 3.63) is 39.7 Å². The second-order valence-corrected chi connectivity index (χ2v) is 5.78. The molecule has 8 heteroatoms. The molecule has 1 heterocycles. The molecule has 0 aliphatic heterocycles. The summed E-state index contributed by atoms with van der Waals surface area (Å²) in [6.45, 7) is 2.00. The Labute approximate surface area is 156 Å².